The van der Waals surface area contributed by atoms with E-state index in [4.69, 9.17) is 4.42 Å². The Kier molecular flexibility index (Phi) is 6.21. The van der Waals surface area contributed by atoms with Gasteiger partial charge in [0.05, 0.1) is 0 Å². The molecule has 0 radical (unpaired) electrons. The first kappa shape index (κ1) is 29.6. The minimum Gasteiger partial charge on any atom is -0.456 e. The van der Waals surface area contributed by atoms with Crippen molar-refractivity contribution in [2.24, 2.45) is 0 Å². The number of fused-ring (bicyclic) bond motifs is 11. The quantitative estimate of drug-likeness (QED) is 0.184. The lowest BCUT2D eigenvalue weighted by atomic mass is 9.82. The van der Waals surface area contributed by atoms with E-state index in [1.54, 1.807) is 0 Å². The van der Waals surface area contributed by atoms with Crippen LogP contribution < -0.4 is 4.90 Å². The molecule has 0 unspecified atom stereocenters. The lowest BCUT2D eigenvalue weighted by Crippen LogP contribution is -2.15. The Bertz CT molecular complexity index is 3050. The lowest BCUT2D eigenvalue weighted by molar-refractivity contribution is 0.660. The topological polar surface area (TPSA) is 16.4 Å². The maximum absolute atomic E-state index is 6.42. The Labute approximate surface area is 305 Å². The van der Waals surface area contributed by atoms with Crippen LogP contribution in [0.5, 0.6) is 0 Å². The van der Waals surface area contributed by atoms with Crippen LogP contribution in [0.4, 0.5) is 17.1 Å². The first-order chi connectivity index (χ1) is 25.5. The van der Waals surface area contributed by atoms with Gasteiger partial charge in [-0.3, -0.25) is 0 Å². The van der Waals surface area contributed by atoms with E-state index in [-0.39, 0.29) is 5.41 Å². The number of nitrogens with zero attached hydrogens (tertiary/aromatic N) is 1. The molecule has 2 nitrogen and oxygen atoms in total. The van der Waals surface area contributed by atoms with E-state index >= 15 is 0 Å². The molecule has 0 spiro atoms. The second-order valence-corrected chi connectivity index (χ2v) is 15.6. The number of anilines is 3. The Morgan fingerprint density at radius 3 is 2.02 bits per heavy atom. The molecule has 1 aliphatic rings. The molecule has 0 amide bonds. The van der Waals surface area contributed by atoms with Crippen LogP contribution in [0.15, 0.2) is 168 Å². The highest BCUT2D eigenvalue weighted by atomic mass is 32.1. The molecule has 0 saturated carbocycles. The van der Waals surface area contributed by atoms with Gasteiger partial charge in [0.25, 0.3) is 0 Å². The molecule has 2 heterocycles. The molecule has 0 bridgehead atoms. The zero-order chi connectivity index (χ0) is 34.6. The van der Waals surface area contributed by atoms with Gasteiger partial charge < -0.3 is 9.32 Å². The molecule has 2 aromatic heterocycles. The minimum absolute atomic E-state index is 0.0544. The van der Waals surface area contributed by atoms with Crippen LogP contribution >= 0.6 is 11.3 Å². The molecule has 52 heavy (non-hydrogen) atoms. The molecule has 10 aromatic rings. The Balaban J connectivity index is 1.10. The fraction of sp³-hybridized carbons (Fsp3) is 0.0612. The number of hydrogen-bond acceptors (Lipinski definition) is 3. The normalized spacial score (nSPS) is 13.3. The summed E-state index contributed by atoms with van der Waals surface area (Å²) >= 11 is 1.89. The SMILES string of the molecule is CC1(C)c2ccccc2-c2cc(N(c3ccc(-c4cc5ccccc5c5sc6ccccc6c45)cc3)c3ccc4c(c3)oc3ccccc34)ccc21. The molecule has 0 atom stereocenters. The van der Waals surface area contributed by atoms with Crippen LogP contribution in [0.1, 0.15) is 25.0 Å². The molecule has 0 N–H and O–H groups in total. The molecule has 246 valence electrons. The summed E-state index contributed by atoms with van der Waals surface area (Å²) in [4.78, 5) is 2.38. The lowest BCUT2D eigenvalue weighted by Gasteiger charge is -2.27. The van der Waals surface area contributed by atoms with Crippen molar-refractivity contribution >= 4 is 81.3 Å². The average molecular weight is 684 g/mol. The van der Waals surface area contributed by atoms with Crippen molar-refractivity contribution in [3.8, 4) is 22.3 Å². The maximum Gasteiger partial charge on any atom is 0.137 e. The van der Waals surface area contributed by atoms with Gasteiger partial charge in [0.2, 0.25) is 0 Å². The van der Waals surface area contributed by atoms with Crippen molar-refractivity contribution in [2.45, 2.75) is 19.3 Å². The van der Waals surface area contributed by atoms with Gasteiger partial charge >= 0.3 is 0 Å². The highest BCUT2D eigenvalue weighted by molar-refractivity contribution is 7.26. The van der Waals surface area contributed by atoms with Crippen molar-refractivity contribution in [3.05, 3.63) is 175 Å². The number of rotatable bonds is 4. The van der Waals surface area contributed by atoms with Crippen LogP contribution in [-0.2, 0) is 5.41 Å². The average Bonchev–Trinajstić information content (AvgIpc) is 3.83. The second kappa shape index (κ2) is 10.9. The summed E-state index contributed by atoms with van der Waals surface area (Å²) < 4.78 is 9.08. The monoisotopic (exact) mass is 683 g/mol. The van der Waals surface area contributed by atoms with E-state index in [0.717, 1.165) is 39.0 Å². The number of furan rings is 1. The van der Waals surface area contributed by atoms with Gasteiger partial charge in [0, 0.05) is 59.5 Å². The predicted molar refractivity (Wildman–Crippen MR) is 222 cm³/mol. The van der Waals surface area contributed by atoms with Gasteiger partial charge in [0.15, 0.2) is 0 Å². The third-order valence-electron chi connectivity index (χ3n) is 11.3. The smallest absolute Gasteiger partial charge is 0.137 e. The Hall–Kier alpha value is -6.16. The molecule has 8 aromatic carbocycles. The van der Waals surface area contributed by atoms with Gasteiger partial charge in [-0.25, -0.2) is 0 Å². The van der Waals surface area contributed by atoms with Gasteiger partial charge in [-0.15, -0.1) is 11.3 Å². The van der Waals surface area contributed by atoms with Crippen molar-refractivity contribution in [2.75, 3.05) is 4.90 Å². The predicted octanol–water partition coefficient (Wildman–Crippen LogP) is 14.6. The fourth-order valence-corrected chi connectivity index (χ4v) is 9.99. The fourth-order valence-electron chi connectivity index (χ4n) is 8.73. The highest BCUT2D eigenvalue weighted by Gasteiger charge is 2.35. The molecule has 11 rings (SSSR count). The van der Waals surface area contributed by atoms with E-state index in [1.165, 1.54) is 64.3 Å². The van der Waals surface area contributed by atoms with E-state index < -0.39 is 0 Å². The van der Waals surface area contributed by atoms with E-state index in [9.17, 15) is 0 Å². The molecule has 1 aliphatic carbocycles. The molecular formula is C49H33NOS. The number of para-hydroxylation sites is 1. The van der Waals surface area contributed by atoms with Crippen molar-refractivity contribution < 1.29 is 4.42 Å². The summed E-state index contributed by atoms with van der Waals surface area (Å²) in [5.41, 5.74) is 12.8. The molecule has 3 heteroatoms. The molecule has 0 saturated heterocycles. The minimum atomic E-state index is -0.0544. The summed E-state index contributed by atoms with van der Waals surface area (Å²) in [6, 6.07) is 59.9. The van der Waals surface area contributed by atoms with Gasteiger partial charge in [-0.05, 0) is 98.8 Å². The van der Waals surface area contributed by atoms with Gasteiger partial charge in [-0.1, -0.05) is 117 Å². The zero-order valence-corrected chi connectivity index (χ0v) is 29.7. The molecule has 0 fully saturated rings. The third-order valence-corrected chi connectivity index (χ3v) is 12.5. The summed E-state index contributed by atoms with van der Waals surface area (Å²) in [5, 5.41) is 7.49. The van der Waals surface area contributed by atoms with Crippen LogP contribution in [0.2, 0.25) is 0 Å². The van der Waals surface area contributed by atoms with Crippen LogP contribution in [0, 0.1) is 0 Å². The Morgan fingerprint density at radius 2 is 1.13 bits per heavy atom. The summed E-state index contributed by atoms with van der Waals surface area (Å²) in [6.07, 6.45) is 0. The summed E-state index contributed by atoms with van der Waals surface area (Å²) in [7, 11) is 0. The number of benzene rings is 8. The maximum atomic E-state index is 6.42. The molecule has 0 aliphatic heterocycles. The standard InChI is InChI=1S/C49H33NOS/c1-49(2)42-16-8-5-13-36(42)41-28-33(24-26-43(41)49)50(34-23-25-38-37-14-6-9-17-44(37)51-45(38)29-34)32-21-19-30(20-22-32)40-27-31-11-3-4-12-35(31)48-47(40)39-15-7-10-18-46(39)52-48/h3-29H,1-2H3. The van der Waals surface area contributed by atoms with E-state index in [1.807, 2.05) is 23.5 Å². The van der Waals surface area contributed by atoms with Crippen molar-refractivity contribution in [3.63, 3.8) is 0 Å². The van der Waals surface area contributed by atoms with Gasteiger partial charge in [-0.2, -0.15) is 0 Å². The number of hydrogen-bond donors (Lipinski definition) is 0. The van der Waals surface area contributed by atoms with Crippen LogP contribution in [-0.4, -0.2) is 0 Å². The number of thiophene rings is 1. The van der Waals surface area contributed by atoms with E-state index in [2.05, 4.69) is 170 Å². The third kappa shape index (κ3) is 4.23. The van der Waals surface area contributed by atoms with Crippen molar-refractivity contribution in [1.82, 2.24) is 0 Å². The summed E-state index contributed by atoms with van der Waals surface area (Å²) in [6.45, 7) is 4.67. The molecular weight excluding hydrogens is 651 g/mol. The zero-order valence-electron chi connectivity index (χ0n) is 28.9. The first-order valence-corrected chi connectivity index (χ1v) is 18.7. The first-order valence-electron chi connectivity index (χ1n) is 17.9. The van der Waals surface area contributed by atoms with Crippen molar-refractivity contribution in [1.29, 1.82) is 0 Å². The highest BCUT2D eigenvalue weighted by Crippen LogP contribution is 2.51. The van der Waals surface area contributed by atoms with Crippen LogP contribution in [0.3, 0.4) is 0 Å². The Morgan fingerprint density at radius 1 is 0.481 bits per heavy atom. The second-order valence-electron chi connectivity index (χ2n) is 14.5. The summed E-state index contributed by atoms with van der Waals surface area (Å²) in [5.74, 6) is 0. The van der Waals surface area contributed by atoms with E-state index in [0.29, 0.717) is 0 Å². The van der Waals surface area contributed by atoms with Gasteiger partial charge in [0.1, 0.15) is 11.2 Å². The largest absolute Gasteiger partial charge is 0.456 e. The van der Waals surface area contributed by atoms with Crippen LogP contribution in [0.25, 0.3) is 75.1 Å².